The molecule has 0 saturated carbocycles. The summed E-state index contributed by atoms with van der Waals surface area (Å²) in [6.45, 7) is 4.68. The minimum absolute atomic E-state index is 0.216. The molecule has 11 nitrogen and oxygen atoms in total. The van der Waals surface area contributed by atoms with Crippen LogP contribution in [0, 0.1) is 5.92 Å². The summed E-state index contributed by atoms with van der Waals surface area (Å²) in [6.07, 6.45) is 1.54. The zero-order valence-corrected chi connectivity index (χ0v) is 17.9. The molecule has 0 aliphatic rings. The fraction of sp³-hybridized carbons (Fsp3) is 0.706. The van der Waals surface area contributed by atoms with Gasteiger partial charge in [0.05, 0.1) is 12.5 Å². The first-order valence-corrected chi connectivity index (χ1v) is 10.5. The Morgan fingerprint density at radius 1 is 0.931 bits per heavy atom. The number of carbonyl (C=O) groups is 5. The Labute approximate surface area is 174 Å². The summed E-state index contributed by atoms with van der Waals surface area (Å²) in [5.41, 5.74) is 10.6. The summed E-state index contributed by atoms with van der Waals surface area (Å²) < 4.78 is 0. The lowest BCUT2D eigenvalue weighted by atomic mass is 10.0. The van der Waals surface area contributed by atoms with Crippen LogP contribution in [0.1, 0.15) is 33.6 Å². The van der Waals surface area contributed by atoms with Crippen LogP contribution in [-0.2, 0) is 24.0 Å². The highest BCUT2D eigenvalue weighted by atomic mass is 32.2. The number of hydrogen-bond acceptors (Lipinski definition) is 7. The molecule has 0 aromatic rings. The predicted molar refractivity (Wildman–Crippen MR) is 109 cm³/mol. The van der Waals surface area contributed by atoms with Gasteiger partial charge in [-0.1, -0.05) is 13.8 Å². The molecule has 29 heavy (non-hydrogen) atoms. The van der Waals surface area contributed by atoms with Crippen LogP contribution >= 0.6 is 11.8 Å². The van der Waals surface area contributed by atoms with E-state index in [2.05, 4.69) is 16.0 Å². The lowest BCUT2D eigenvalue weighted by Gasteiger charge is -2.25. The normalized spacial score (nSPS) is 15.0. The number of carboxylic acids is 1. The molecule has 0 heterocycles. The molecule has 0 bridgehead atoms. The first-order chi connectivity index (χ1) is 13.4. The second kappa shape index (κ2) is 13.0. The van der Waals surface area contributed by atoms with E-state index < -0.39 is 60.2 Å². The molecule has 4 unspecified atom stereocenters. The van der Waals surface area contributed by atoms with E-state index in [0.29, 0.717) is 5.75 Å². The lowest BCUT2D eigenvalue weighted by molar-refractivity contribution is -0.143. The van der Waals surface area contributed by atoms with E-state index in [1.807, 2.05) is 6.26 Å². The fourth-order valence-corrected chi connectivity index (χ4v) is 2.73. The number of amides is 4. The van der Waals surface area contributed by atoms with E-state index >= 15 is 0 Å². The average molecular weight is 434 g/mol. The van der Waals surface area contributed by atoms with Gasteiger partial charge in [-0.15, -0.1) is 0 Å². The van der Waals surface area contributed by atoms with Crippen molar-refractivity contribution < 1.29 is 29.1 Å². The van der Waals surface area contributed by atoms with Gasteiger partial charge in [0.1, 0.15) is 18.1 Å². The van der Waals surface area contributed by atoms with Crippen LogP contribution in [0.2, 0.25) is 0 Å². The largest absolute Gasteiger partial charge is 0.480 e. The molecule has 0 aromatic heterocycles. The maximum atomic E-state index is 12.6. The van der Waals surface area contributed by atoms with Gasteiger partial charge in [-0.25, -0.2) is 4.79 Å². The van der Waals surface area contributed by atoms with Gasteiger partial charge in [0.2, 0.25) is 23.6 Å². The monoisotopic (exact) mass is 433 g/mol. The summed E-state index contributed by atoms with van der Waals surface area (Å²) >= 11 is 1.43. The van der Waals surface area contributed by atoms with Crippen LogP contribution in [0.25, 0.3) is 0 Å². The molecular weight excluding hydrogens is 402 g/mol. The Bertz CT molecular complexity index is 613. The van der Waals surface area contributed by atoms with Crippen molar-refractivity contribution in [3.8, 4) is 0 Å². The van der Waals surface area contributed by atoms with E-state index in [0.717, 1.165) is 0 Å². The third-order valence-electron chi connectivity index (χ3n) is 3.93. The van der Waals surface area contributed by atoms with E-state index in [9.17, 15) is 29.1 Å². The smallest absolute Gasteiger partial charge is 0.326 e. The summed E-state index contributed by atoms with van der Waals surface area (Å²) in [4.78, 5) is 59.6. The summed E-state index contributed by atoms with van der Waals surface area (Å²) in [7, 11) is 0. The van der Waals surface area contributed by atoms with Crippen molar-refractivity contribution in [1.29, 1.82) is 0 Å². The van der Waals surface area contributed by atoms with Crippen molar-refractivity contribution in [3.63, 3.8) is 0 Å². The highest BCUT2D eigenvalue weighted by molar-refractivity contribution is 7.98. The minimum Gasteiger partial charge on any atom is -0.480 e. The lowest BCUT2D eigenvalue weighted by Crippen LogP contribution is -2.58. The highest BCUT2D eigenvalue weighted by Gasteiger charge is 2.31. The zero-order chi connectivity index (χ0) is 22.7. The molecule has 12 heteroatoms. The number of carboxylic acid groups (broad SMARTS) is 1. The molecule has 0 aromatic carbocycles. The van der Waals surface area contributed by atoms with Gasteiger partial charge in [-0.2, -0.15) is 11.8 Å². The molecule has 4 amide bonds. The van der Waals surface area contributed by atoms with Crippen molar-refractivity contribution in [2.45, 2.75) is 57.8 Å². The fourth-order valence-electron chi connectivity index (χ4n) is 2.26. The average Bonchev–Trinajstić information content (AvgIpc) is 2.60. The number of hydrogen-bond donors (Lipinski definition) is 6. The number of nitrogens with two attached hydrogens (primary N) is 2. The Balaban J connectivity index is 5.39. The van der Waals surface area contributed by atoms with E-state index in [-0.39, 0.29) is 12.3 Å². The number of nitrogens with one attached hydrogen (secondary N) is 3. The number of rotatable bonds is 13. The number of primary amides is 1. The van der Waals surface area contributed by atoms with Gasteiger partial charge in [0.15, 0.2) is 0 Å². The van der Waals surface area contributed by atoms with Gasteiger partial charge in [-0.3, -0.25) is 19.2 Å². The maximum Gasteiger partial charge on any atom is 0.326 e. The molecule has 0 spiro atoms. The van der Waals surface area contributed by atoms with Crippen LogP contribution in [0.15, 0.2) is 0 Å². The zero-order valence-electron chi connectivity index (χ0n) is 17.1. The molecule has 4 atom stereocenters. The minimum atomic E-state index is -1.31. The van der Waals surface area contributed by atoms with Crippen molar-refractivity contribution in [2.24, 2.45) is 17.4 Å². The van der Waals surface area contributed by atoms with Crippen LogP contribution in [0.3, 0.4) is 0 Å². The van der Waals surface area contributed by atoms with Crippen molar-refractivity contribution >= 4 is 41.4 Å². The third-order valence-corrected chi connectivity index (χ3v) is 4.57. The van der Waals surface area contributed by atoms with Crippen molar-refractivity contribution in [3.05, 3.63) is 0 Å². The number of aliphatic carboxylic acids is 1. The topological polar surface area (TPSA) is 194 Å². The molecule has 0 radical (unpaired) electrons. The van der Waals surface area contributed by atoms with Gasteiger partial charge in [0.25, 0.3) is 0 Å². The summed E-state index contributed by atoms with van der Waals surface area (Å²) in [5.74, 6) is -4.03. The first kappa shape index (κ1) is 26.7. The quantitative estimate of drug-likeness (QED) is 0.195. The SMILES string of the molecule is CSCCC(NC(=O)C(CC(N)=O)NC(=O)C(C)N)C(=O)NC(C(=O)O)C(C)C. The molecular formula is C17H31N5O6S. The molecule has 166 valence electrons. The van der Waals surface area contributed by atoms with Gasteiger partial charge in [-0.05, 0) is 31.3 Å². The Kier molecular flexibility index (Phi) is 11.9. The third kappa shape index (κ3) is 10.1. The Morgan fingerprint density at radius 3 is 1.86 bits per heavy atom. The van der Waals surface area contributed by atoms with Crippen molar-refractivity contribution in [1.82, 2.24) is 16.0 Å². The maximum absolute atomic E-state index is 12.6. The van der Waals surface area contributed by atoms with Crippen molar-refractivity contribution in [2.75, 3.05) is 12.0 Å². The first-order valence-electron chi connectivity index (χ1n) is 9.07. The predicted octanol–water partition coefficient (Wildman–Crippen LogP) is -1.84. The Morgan fingerprint density at radius 2 is 1.45 bits per heavy atom. The molecule has 0 aliphatic carbocycles. The molecule has 0 fully saturated rings. The molecule has 0 saturated heterocycles. The van der Waals surface area contributed by atoms with E-state index in [1.165, 1.54) is 18.7 Å². The van der Waals surface area contributed by atoms with E-state index in [4.69, 9.17) is 11.5 Å². The van der Waals surface area contributed by atoms with Crippen LogP contribution < -0.4 is 27.4 Å². The molecule has 8 N–H and O–H groups in total. The van der Waals surface area contributed by atoms with Gasteiger partial charge >= 0.3 is 5.97 Å². The number of thioether (sulfide) groups is 1. The van der Waals surface area contributed by atoms with Crippen LogP contribution in [0.5, 0.6) is 0 Å². The molecule has 0 aliphatic heterocycles. The van der Waals surface area contributed by atoms with Gasteiger partial charge in [0, 0.05) is 0 Å². The second-order valence-electron chi connectivity index (χ2n) is 6.93. The summed E-state index contributed by atoms with van der Waals surface area (Å²) in [5, 5.41) is 16.4. The van der Waals surface area contributed by atoms with E-state index in [1.54, 1.807) is 13.8 Å². The second-order valence-corrected chi connectivity index (χ2v) is 7.92. The summed E-state index contributed by atoms with van der Waals surface area (Å²) in [6, 6.07) is -4.42. The number of carbonyl (C=O) groups excluding carboxylic acids is 4. The van der Waals surface area contributed by atoms with Gasteiger partial charge < -0.3 is 32.5 Å². The van der Waals surface area contributed by atoms with Crippen LogP contribution in [0.4, 0.5) is 0 Å². The Hall–Kier alpha value is -2.34. The highest BCUT2D eigenvalue weighted by Crippen LogP contribution is 2.06. The standard InChI is InChI=1S/C17H31N5O6S/c1-8(2)13(17(27)28)22-15(25)10(5-6-29-4)20-16(26)11(7-12(19)23)21-14(24)9(3)18/h8-11,13H,5-7,18H2,1-4H3,(H2,19,23)(H,20,26)(H,21,24)(H,22,25)(H,27,28). The molecule has 0 rings (SSSR count). The van der Waals surface area contributed by atoms with Crippen LogP contribution in [-0.4, -0.2) is 70.9 Å².